The molecule has 0 saturated carbocycles. The van der Waals surface area contributed by atoms with Crippen molar-refractivity contribution in [2.75, 3.05) is 19.0 Å². The number of esters is 1. The Morgan fingerprint density at radius 2 is 1.94 bits per heavy atom. The van der Waals surface area contributed by atoms with E-state index >= 15 is 0 Å². The Labute approximate surface area is 190 Å². The molecule has 0 bridgehead atoms. The van der Waals surface area contributed by atoms with Crippen LogP contribution < -0.4 is 5.32 Å². The summed E-state index contributed by atoms with van der Waals surface area (Å²) >= 11 is 0. The first-order valence-corrected chi connectivity index (χ1v) is 10.8. The van der Waals surface area contributed by atoms with Gasteiger partial charge >= 0.3 is 5.97 Å². The molecule has 1 aliphatic rings. The number of nitrogens with zero attached hydrogens (tertiary/aromatic N) is 3. The number of benzene rings is 2. The van der Waals surface area contributed by atoms with E-state index in [1.165, 1.54) is 31.1 Å². The fourth-order valence-electron chi connectivity index (χ4n) is 4.25. The van der Waals surface area contributed by atoms with Crippen LogP contribution >= 0.6 is 0 Å². The number of halogens is 1. The summed E-state index contributed by atoms with van der Waals surface area (Å²) in [5.74, 6) is -1.36. The minimum atomic E-state index is -0.632. The average Bonchev–Trinajstić information content (AvgIpc) is 3.22. The van der Waals surface area contributed by atoms with Crippen molar-refractivity contribution in [2.45, 2.75) is 38.8 Å². The second-order valence-electron chi connectivity index (χ2n) is 8.10. The summed E-state index contributed by atoms with van der Waals surface area (Å²) in [5.41, 5.74) is 2.80. The lowest BCUT2D eigenvalue weighted by molar-refractivity contribution is -0.147. The number of hydrogen-bond donors (Lipinski definition) is 1. The smallest absolute Gasteiger partial charge is 0.328 e. The lowest BCUT2D eigenvalue weighted by Gasteiger charge is -2.33. The molecule has 33 heavy (non-hydrogen) atoms. The minimum Gasteiger partial charge on any atom is -0.467 e. The van der Waals surface area contributed by atoms with Crippen LogP contribution in [0, 0.1) is 5.82 Å². The normalized spacial score (nSPS) is 16.0. The molecule has 172 valence electrons. The predicted molar refractivity (Wildman–Crippen MR) is 120 cm³/mol. The van der Waals surface area contributed by atoms with E-state index in [0.717, 1.165) is 18.4 Å². The van der Waals surface area contributed by atoms with Crippen LogP contribution in [0.25, 0.3) is 11.0 Å². The molecule has 0 aliphatic carbocycles. The number of rotatable bonds is 5. The Morgan fingerprint density at radius 3 is 2.64 bits per heavy atom. The van der Waals surface area contributed by atoms with E-state index in [1.807, 2.05) is 4.57 Å². The maximum atomic E-state index is 13.4. The van der Waals surface area contributed by atoms with E-state index in [2.05, 4.69) is 10.3 Å². The Kier molecular flexibility index (Phi) is 6.39. The zero-order chi connectivity index (χ0) is 23.5. The Morgan fingerprint density at radius 1 is 1.18 bits per heavy atom. The monoisotopic (exact) mass is 452 g/mol. The van der Waals surface area contributed by atoms with E-state index in [4.69, 9.17) is 4.74 Å². The standard InChI is InChI=1S/C24H25FN4O4/c1-15(30)27-20-12-17(23(31)29-10-4-3-5-21(29)24(32)33-2)11-19-22(20)28(14-26-19)13-16-6-8-18(25)9-7-16/h6-9,11-12,14,21H,3-5,10,13H2,1-2H3,(H,27,30)/t21-/m0/s1. The number of nitrogens with one attached hydrogen (secondary N) is 1. The van der Waals surface area contributed by atoms with E-state index in [-0.39, 0.29) is 17.6 Å². The topological polar surface area (TPSA) is 93.5 Å². The van der Waals surface area contributed by atoms with Crippen molar-refractivity contribution >= 4 is 34.5 Å². The van der Waals surface area contributed by atoms with Gasteiger partial charge in [-0.3, -0.25) is 9.59 Å². The van der Waals surface area contributed by atoms with Gasteiger partial charge in [-0.25, -0.2) is 14.2 Å². The molecule has 1 N–H and O–H groups in total. The molecule has 0 unspecified atom stereocenters. The van der Waals surface area contributed by atoms with Gasteiger partial charge in [-0.1, -0.05) is 12.1 Å². The number of methoxy groups -OCH3 is 1. The van der Waals surface area contributed by atoms with Crippen LogP contribution in [0.5, 0.6) is 0 Å². The van der Waals surface area contributed by atoms with Crippen LogP contribution in [-0.2, 0) is 20.9 Å². The summed E-state index contributed by atoms with van der Waals surface area (Å²) < 4.78 is 20.0. The lowest BCUT2D eigenvalue weighted by atomic mass is 10.0. The molecule has 1 aromatic heterocycles. The Hall–Kier alpha value is -3.75. The Balaban J connectivity index is 1.73. The molecule has 8 nitrogen and oxygen atoms in total. The van der Waals surface area contributed by atoms with Gasteiger partial charge in [-0.05, 0) is 49.1 Å². The van der Waals surface area contributed by atoms with Crippen molar-refractivity contribution in [3.8, 4) is 0 Å². The zero-order valence-electron chi connectivity index (χ0n) is 18.5. The molecule has 0 radical (unpaired) electrons. The van der Waals surface area contributed by atoms with E-state index in [0.29, 0.717) is 41.8 Å². The van der Waals surface area contributed by atoms with Gasteiger partial charge in [0.2, 0.25) is 5.91 Å². The van der Waals surface area contributed by atoms with Crippen molar-refractivity contribution in [3.05, 3.63) is 59.7 Å². The van der Waals surface area contributed by atoms with E-state index < -0.39 is 12.0 Å². The van der Waals surface area contributed by atoms with Crippen LogP contribution in [0.3, 0.4) is 0 Å². The third-order valence-corrected chi connectivity index (χ3v) is 5.77. The van der Waals surface area contributed by atoms with Gasteiger partial charge in [0.15, 0.2) is 0 Å². The van der Waals surface area contributed by atoms with E-state index in [1.54, 1.807) is 30.6 Å². The van der Waals surface area contributed by atoms with Gasteiger partial charge in [-0.2, -0.15) is 0 Å². The lowest BCUT2D eigenvalue weighted by Crippen LogP contribution is -2.48. The molecule has 1 atom stereocenters. The number of hydrogen-bond acceptors (Lipinski definition) is 5. The molecular weight excluding hydrogens is 427 g/mol. The number of ether oxygens (including phenoxy) is 1. The first-order chi connectivity index (χ1) is 15.9. The van der Waals surface area contributed by atoms with Gasteiger partial charge < -0.3 is 19.5 Å². The van der Waals surface area contributed by atoms with Crippen LogP contribution in [0.4, 0.5) is 10.1 Å². The fourth-order valence-corrected chi connectivity index (χ4v) is 4.25. The van der Waals surface area contributed by atoms with Gasteiger partial charge in [0.1, 0.15) is 11.9 Å². The molecule has 1 aliphatic heterocycles. The number of carbonyl (C=O) groups is 3. The molecule has 2 aromatic carbocycles. The van der Waals surface area contributed by atoms with Crippen molar-refractivity contribution in [1.29, 1.82) is 0 Å². The maximum Gasteiger partial charge on any atom is 0.328 e. The molecule has 3 aromatic rings. The zero-order valence-corrected chi connectivity index (χ0v) is 18.5. The second kappa shape index (κ2) is 9.40. The number of piperidine rings is 1. The van der Waals surface area contributed by atoms with Crippen molar-refractivity contribution < 1.29 is 23.5 Å². The quantitative estimate of drug-likeness (QED) is 0.600. The average molecular weight is 452 g/mol. The molecule has 2 amide bonds. The largest absolute Gasteiger partial charge is 0.467 e. The summed E-state index contributed by atoms with van der Waals surface area (Å²) in [7, 11) is 1.31. The highest BCUT2D eigenvalue weighted by atomic mass is 19.1. The summed E-state index contributed by atoms with van der Waals surface area (Å²) in [6, 6.07) is 8.77. The summed E-state index contributed by atoms with van der Waals surface area (Å²) in [6.07, 6.45) is 3.80. The number of amides is 2. The van der Waals surface area contributed by atoms with Gasteiger partial charge in [0.25, 0.3) is 5.91 Å². The fraction of sp³-hybridized carbons (Fsp3) is 0.333. The maximum absolute atomic E-state index is 13.4. The third-order valence-electron chi connectivity index (χ3n) is 5.77. The highest BCUT2D eigenvalue weighted by Gasteiger charge is 2.33. The van der Waals surface area contributed by atoms with Crippen LogP contribution in [0.1, 0.15) is 42.1 Å². The van der Waals surface area contributed by atoms with Crippen molar-refractivity contribution in [2.24, 2.45) is 0 Å². The number of carbonyl (C=O) groups excluding carboxylic acids is 3. The van der Waals surface area contributed by atoms with Gasteiger partial charge in [-0.15, -0.1) is 0 Å². The molecule has 1 fully saturated rings. The van der Waals surface area contributed by atoms with Gasteiger partial charge in [0, 0.05) is 25.6 Å². The third kappa shape index (κ3) is 4.72. The number of anilines is 1. The first kappa shape index (κ1) is 22.4. The molecule has 1 saturated heterocycles. The van der Waals surface area contributed by atoms with E-state index in [9.17, 15) is 18.8 Å². The number of likely N-dealkylation sites (tertiary alicyclic amines) is 1. The summed E-state index contributed by atoms with van der Waals surface area (Å²) in [6.45, 7) is 2.25. The molecule has 4 rings (SSSR count). The van der Waals surface area contributed by atoms with Crippen molar-refractivity contribution in [3.63, 3.8) is 0 Å². The number of fused-ring (bicyclic) bond motifs is 1. The van der Waals surface area contributed by atoms with Crippen LogP contribution in [0.2, 0.25) is 0 Å². The van der Waals surface area contributed by atoms with Crippen molar-refractivity contribution in [1.82, 2.24) is 14.5 Å². The first-order valence-electron chi connectivity index (χ1n) is 10.8. The Bertz CT molecular complexity index is 1210. The highest BCUT2D eigenvalue weighted by molar-refractivity contribution is 6.05. The predicted octanol–water partition coefficient (Wildman–Crippen LogP) is 3.35. The molecule has 2 heterocycles. The minimum absolute atomic E-state index is 0.291. The van der Waals surface area contributed by atoms with Crippen LogP contribution in [0.15, 0.2) is 42.7 Å². The van der Waals surface area contributed by atoms with Gasteiger partial charge in [0.05, 0.1) is 30.2 Å². The SMILES string of the molecule is COC(=O)[C@@H]1CCCCN1C(=O)c1cc(NC(C)=O)c2c(c1)ncn2Cc1ccc(F)cc1. The second-order valence-corrected chi connectivity index (χ2v) is 8.10. The highest BCUT2D eigenvalue weighted by Crippen LogP contribution is 2.28. The molecular formula is C24H25FN4O4. The summed E-state index contributed by atoms with van der Waals surface area (Å²) in [4.78, 5) is 43.5. The number of imidazole rings is 1. The number of aromatic nitrogens is 2. The molecule has 0 spiro atoms. The molecule has 9 heteroatoms. The summed E-state index contributed by atoms with van der Waals surface area (Å²) in [5, 5.41) is 2.79. The van der Waals surface area contributed by atoms with Crippen LogP contribution in [-0.4, -0.2) is 51.9 Å².